The number of halogens is 1. The van der Waals surface area contributed by atoms with Gasteiger partial charge in [-0.05, 0) is 41.8 Å². The lowest BCUT2D eigenvalue weighted by Gasteiger charge is -2.17. The molecule has 2 unspecified atom stereocenters. The second kappa shape index (κ2) is 8.73. The highest BCUT2D eigenvalue weighted by Crippen LogP contribution is 2.30. The zero-order chi connectivity index (χ0) is 15.1. The van der Waals surface area contributed by atoms with Crippen LogP contribution >= 0.6 is 15.9 Å². The maximum Gasteiger partial charge on any atom is 0.138 e. The number of hydrogen-bond donors (Lipinski definition) is 1. The lowest BCUT2D eigenvalue weighted by molar-refractivity contribution is 0.0260. The molecule has 1 aliphatic rings. The van der Waals surface area contributed by atoms with Crippen molar-refractivity contribution in [1.29, 1.82) is 0 Å². The van der Waals surface area contributed by atoms with Gasteiger partial charge in [-0.2, -0.15) is 0 Å². The fraction of sp³-hybridized carbons (Fsp3) is 0.625. The van der Waals surface area contributed by atoms with Crippen molar-refractivity contribution in [2.24, 2.45) is 0 Å². The molecule has 5 heteroatoms. The standard InChI is InChI=1S/C16H24BrNO3/c1-12-6-7-14(21-12)11-20-16-13(4-3-5-15(16)17)10-18-8-9-19-2/h3-5,12,14,18H,6-11H2,1-2H3. The minimum absolute atomic E-state index is 0.210. The number of ether oxygens (including phenoxy) is 3. The smallest absolute Gasteiger partial charge is 0.138 e. The first-order chi connectivity index (χ1) is 10.2. The Morgan fingerprint density at radius 3 is 2.95 bits per heavy atom. The molecule has 0 bridgehead atoms. The van der Waals surface area contributed by atoms with Crippen molar-refractivity contribution in [3.63, 3.8) is 0 Å². The van der Waals surface area contributed by atoms with Crippen molar-refractivity contribution in [3.8, 4) is 5.75 Å². The van der Waals surface area contributed by atoms with E-state index in [1.54, 1.807) is 7.11 Å². The van der Waals surface area contributed by atoms with Crippen LogP contribution in [0.3, 0.4) is 0 Å². The first-order valence-corrected chi connectivity index (χ1v) is 8.25. The summed E-state index contributed by atoms with van der Waals surface area (Å²) in [6, 6.07) is 6.11. The molecule has 4 nitrogen and oxygen atoms in total. The van der Waals surface area contributed by atoms with Gasteiger partial charge >= 0.3 is 0 Å². The Kier molecular flexibility index (Phi) is 6.96. The van der Waals surface area contributed by atoms with Gasteiger partial charge in [0.2, 0.25) is 0 Å². The SMILES string of the molecule is COCCNCc1cccc(Br)c1OCC1CCC(C)O1. The number of para-hydroxylation sites is 1. The van der Waals surface area contributed by atoms with E-state index in [0.717, 1.165) is 41.7 Å². The Labute approximate surface area is 135 Å². The fourth-order valence-corrected chi connectivity index (χ4v) is 2.96. The molecule has 0 aliphatic carbocycles. The van der Waals surface area contributed by atoms with E-state index < -0.39 is 0 Å². The van der Waals surface area contributed by atoms with Gasteiger partial charge in [0.15, 0.2) is 0 Å². The predicted molar refractivity (Wildman–Crippen MR) is 86.8 cm³/mol. The molecular weight excluding hydrogens is 334 g/mol. The summed E-state index contributed by atoms with van der Waals surface area (Å²) in [5, 5.41) is 3.35. The molecule has 0 radical (unpaired) electrons. The number of hydrogen-bond acceptors (Lipinski definition) is 4. The summed E-state index contributed by atoms with van der Waals surface area (Å²) >= 11 is 3.57. The van der Waals surface area contributed by atoms with Crippen molar-refractivity contribution in [1.82, 2.24) is 5.32 Å². The second-order valence-corrected chi connectivity index (χ2v) is 6.21. The first kappa shape index (κ1) is 16.7. The number of rotatable bonds is 8. The molecule has 21 heavy (non-hydrogen) atoms. The Morgan fingerprint density at radius 2 is 2.24 bits per heavy atom. The van der Waals surface area contributed by atoms with Crippen molar-refractivity contribution in [2.75, 3.05) is 26.9 Å². The topological polar surface area (TPSA) is 39.7 Å². The van der Waals surface area contributed by atoms with Gasteiger partial charge in [0.1, 0.15) is 12.4 Å². The quantitative estimate of drug-likeness (QED) is 0.725. The summed E-state index contributed by atoms with van der Waals surface area (Å²) in [6.07, 6.45) is 2.76. The zero-order valence-electron chi connectivity index (χ0n) is 12.7. The molecule has 2 rings (SSSR count). The van der Waals surface area contributed by atoms with Gasteiger partial charge in [-0.3, -0.25) is 0 Å². The average Bonchev–Trinajstić information content (AvgIpc) is 2.88. The predicted octanol–water partition coefficient (Wildman–Crippen LogP) is 3.13. The molecule has 1 aromatic carbocycles. The number of benzene rings is 1. The third-order valence-corrected chi connectivity index (χ3v) is 4.20. The van der Waals surface area contributed by atoms with E-state index in [9.17, 15) is 0 Å². The summed E-state index contributed by atoms with van der Waals surface area (Å²) in [5.41, 5.74) is 1.14. The Bertz CT molecular complexity index is 442. The van der Waals surface area contributed by atoms with E-state index in [-0.39, 0.29) is 6.10 Å². The molecule has 0 saturated carbocycles. The highest BCUT2D eigenvalue weighted by Gasteiger charge is 2.22. The minimum Gasteiger partial charge on any atom is -0.489 e. The van der Waals surface area contributed by atoms with Gasteiger partial charge in [-0.25, -0.2) is 0 Å². The molecule has 1 aliphatic heterocycles. The second-order valence-electron chi connectivity index (χ2n) is 5.35. The van der Waals surface area contributed by atoms with Crippen LogP contribution in [0, 0.1) is 0 Å². The molecule has 0 spiro atoms. The Hall–Kier alpha value is -0.620. The number of methoxy groups -OCH3 is 1. The van der Waals surface area contributed by atoms with Gasteiger partial charge in [0.25, 0.3) is 0 Å². The van der Waals surface area contributed by atoms with Crippen molar-refractivity contribution in [2.45, 2.75) is 38.5 Å². The van der Waals surface area contributed by atoms with Crippen LogP contribution in [0.4, 0.5) is 0 Å². The van der Waals surface area contributed by atoms with Crippen LogP contribution in [0.2, 0.25) is 0 Å². The molecular formula is C16H24BrNO3. The van der Waals surface area contributed by atoms with Gasteiger partial charge in [0, 0.05) is 25.8 Å². The van der Waals surface area contributed by atoms with E-state index in [2.05, 4.69) is 34.2 Å². The van der Waals surface area contributed by atoms with E-state index >= 15 is 0 Å². The maximum atomic E-state index is 6.01. The van der Waals surface area contributed by atoms with Gasteiger partial charge in [-0.1, -0.05) is 12.1 Å². The number of nitrogens with one attached hydrogen (secondary N) is 1. The van der Waals surface area contributed by atoms with Gasteiger partial charge in [-0.15, -0.1) is 0 Å². The molecule has 0 amide bonds. The summed E-state index contributed by atoms with van der Waals surface area (Å²) in [4.78, 5) is 0. The zero-order valence-corrected chi connectivity index (χ0v) is 14.3. The summed E-state index contributed by atoms with van der Waals surface area (Å²) in [7, 11) is 1.71. The molecule has 1 fully saturated rings. The van der Waals surface area contributed by atoms with Crippen molar-refractivity contribution < 1.29 is 14.2 Å². The van der Waals surface area contributed by atoms with E-state index in [1.807, 2.05) is 12.1 Å². The minimum atomic E-state index is 0.210. The van der Waals surface area contributed by atoms with E-state index in [4.69, 9.17) is 14.2 Å². The summed E-state index contributed by atoms with van der Waals surface area (Å²) in [6.45, 7) is 5.02. The van der Waals surface area contributed by atoms with Crippen LogP contribution in [-0.4, -0.2) is 39.1 Å². The van der Waals surface area contributed by atoms with Crippen LogP contribution < -0.4 is 10.1 Å². The lowest BCUT2D eigenvalue weighted by atomic mass is 10.2. The van der Waals surface area contributed by atoms with Gasteiger partial charge in [0.05, 0.1) is 23.3 Å². The van der Waals surface area contributed by atoms with E-state index in [1.165, 1.54) is 0 Å². The first-order valence-electron chi connectivity index (χ1n) is 7.46. The van der Waals surface area contributed by atoms with Crippen molar-refractivity contribution >= 4 is 15.9 Å². The normalized spacial score (nSPS) is 21.7. The summed E-state index contributed by atoms with van der Waals surface area (Å²) in [5.74, 6) is 0.908. The Morgan fingerprint density at radius 1 is 1.38 bits per heavy atom. The third-order valence-electron chi connectivity index (χ3n) is 3.58. The fourth-order valence-electron chi connectivity index (χ4n) is 2.44. The van der Waals surface area contributed by atoms with Crippen LogP contribution in [0.5, 0.6) is 5.75 Å². The molecule has 1 aromatic rings. The van der Waals surface area contributed by atoms with Crippen LogP contribution in [0.15, 0.2) is 22.7 Å². The van der Waals surface area contributed by atoms with Crippen LogP contribution in [-0.2, 0) is 16.0 Å². The van der Waals surface area contributed by atoms with E-state index in [0.29, 0.717) is 19.3 Å². The highest BCUT2D eigenvalue weighted by molar-refractivity contribution is 9.10. The average molecular weight is 358 g/mol. The lowest BCUT2D eigenvalue weighted by Crippen LogP contribution is -2.21. The molecule has 0 aromatic heterocycles. The highest BCUT2D eigenvalue weighted by atomic mass is 79.9. The molecule has 118 valence electrons. The monoisotopic (exact) mass is 357 g/mol. The van der Waals surface area contributed by atoms with Crippen molar-refractivity contribution in [3.05, 3.63) is 28.2 Å². The maximum absolute atomic E-state index is 6.01. The summed E-state index contributed by atoms with van der Waals surface area (Å²) < 4.78 is 17.8. The molecule has 2 atom stereocenters. The van der Waals surface area contributed by atoms with Crippen LogP contribution in [0.25, 0.3) is 0 Å². The van der Waals surface area contributed by atoms with Crippen LogP contribution in [0.1, 0.15) is 25.3 Å². The molecule has 1 N–H and O–H groups in total. The molecule has 1 saturated heterocycles. The van der Waals surface area contributed by atoms with Gasteiger partial charge < -0.3 is 19.5 Å². The third kappa shape index (κ3) is 5.25. The largest absolute Gasteiger partial charge is 0.489 e. The molecule has 1 heterocycles. The Balaban J connectivity index is 1.90.